The maximum atomic E-state index is 5.57. The number of hydrogen-bond donors (Lipinski definition) is 0. The summed E-state index contributed by atoms with van der Waals surface area (Å²) in [5.41, 5.74) is 0. The van der Waals surface area contributed by atoms with Crippen LogP contribution in [-0.4, -0.2) is 6.61 Å². The molecule has 1 aromatic heterocycles. The molecular formula is C10H16OS. The fourth-order valence-electron chi connectivity index (χ4n) is 0.875. The first-order chi connectivity index (χ1) is 5.72. The Balaban J connectivity index is 2.41. The molecule has 0 atom stereocenters. The van der Waals surface area contributed by atoms with Gasteiger partial charge >= 0.3 is 0 Å². The Morgan fingerprint density at radius 1 is 1.42 bits per heavy atom. The lowest BCUT2D eigenvalue weighted by Crippen LogP contribution is -2.02. The summed E-state index contributed by atoms with van der Waals surface area (Å²) in [6.07, 6.45) is 1.11. The molecular weight excluding hydrogens is 168 g/mol. The highest BCUT2D eigenvalue weighted by Crippen LogP contribution is 2.24. The molecule has 0 spiro atoms. The third-order valence-corrected chi connectivity index (χ3v) is 2.69. The highest BCUT2D eigenvalue weighted by molar-refractivity contribution is 7.13. The lowest BCUT2D eigenvalue weighted by molar-refractivity contribution is 0.278. The molecule has 2 heteroatoms. The van der Waals surface area contributed by atoms with E-state index < -0.39 is 0 Å². The molecule has 1 heterocycles. The first kappa shape index (κ1) is 9.59. The average molecular weight is 184 g/mol. The van der Waals surface area contributed by atoms with Gasteiger partial charge in [0.2, 0.25) is 0 Å². The van der Waals surface area contributed by atoms with Crippen LogP contribution in [0, 0.1) is 5.92 Å². The van der Waals surface area contributed by atoms with Crippen molar-refractivity contribution in [2.75, 3.05) is 6.61 Å². The molecule has 0 radical (unpaired) electrons. The second-order valence-corrected chi connectivity index (χ2v) is 4.41. The predicted molar refractivity (Wildman–Crippen MR) is 54.0 cm³/mol. The quantitative estimate of drug-likeness (QED) is 0.697. The molecule has 0 aliphatic heterocycles. The van der Waals surface area contributed by atoms with Crippen molar-refractivity contribution in [1.82, 2.24) is 0 Å². The first-order valence-corrected chi connectivity index (χ1v) is 5.25. The average Bonchev–Trinajstić information content (AvgIpc) is 2.48. The van der Waals surface area contributed by atoms with Gasteiger partial charge in [0.15, 0.2) is 5.06 Å². The van der Waals surface area contributed by atoms with E-state index in [-0.39, 0.29) is 0 Å². The van der Waals surface area contributed by atoms with Crippen LogP contribution in [0.4, 0.5) is 0 Å². The lowest BCUT2D eigenvalue weighted by Gasteiger charge is -2.04. The van der Waals surface area contributed by atoms with Crippen molar-refractivity contribution < 1.29 is 4.74 Å². The van der Waals surface area contributed by atoms with E-state index in [0.717, 1.165) is 18.1 Å². The van der Waals surface area contributed by atoms with Crippen LogP contribution >= 0.6 is 11.3 Å². The monoisotopic (exact) mass is 184 g/mol. The maximum Gasteiger partial charge on any atom is 0.173 e. The van der Waals surface area contributed by atoms with Gasteiger partial charge in [0.05, 0.1) is 6.61 Å². The van der Waals surface area contributed by atoms with Crippen LogP contribution in [0.1, 0.15) is 25.6 Å². The van der Waals surface area contributed by atoms with E-state index in [1.165, 1.54) is 4.88 Å². The lowest BCUT2D eigenvalue weighted by atomic mass is 10.2. The van der Waals surface area contributed by atoms with Gasteiger partial charge in [0, 0.05) is 4.88 Å². The minimum atomic E-state index is 0.608. The summed E-state index contributed by atoms with van der Waals surface area (Å²) < 4.78 is 5.57. The number of hydrogen-bond acceptors (Lipinski definition) is 2. The Morgan fingerprint density at radius 2 is 2.17 bits per heavy atom. The normalized spacial score (nSPS) is 10.7. The van der Waals surface area contributed by atoms with Gasteiger partial charge in [-0.1, -0.05) is 20.8 Å². The molecule has 0 bridgehead atoms. The first-order valence-electron chi connectivity index (χ1n) is 4.44. The van der Waals surface area contributed by atoms with E-state index in [4.69, 9.17) is 4.74 Å². The van der Waals surface area contributed by atoms with Gasteiger partial charge in [-0.2, -0.15) is 0 Å². The van der Waals surface area contributed by atoms with Gasteiger partial charge < -0.3 is 4.74 Å². The second-order valence-electron chi connectivity index (χ2n) is 3.28. The third kappa shape index (κ3) is 2.86. The third-order valence-electron chi connectivity index (χ3n) is 1.54. The zero-order chi connectivity index (χ0) is 8.97. The Labute approximate surface area is 78.4 Å². The van der Waals surface area contributed by atoms with E-state index in [2.05, 4.69) is 32.9 Å². The summed E-state index contributed by atoms with van der Waals surface area (Å²) in [4.78, 5) is 1.40. The summed E-state index contributed by atoms with van der Waals surface area (Å²) in [5, 5.41) is 1.06. The predicted octanol–water partition coefficient (Wildman–Crippen LogP) is 3.35. The summed E-state index contributed by atoms with van der Waals surface area (Å²) >= 11 is 1.75. The Bertz CT molecular complexity index is 227. The topological polar surface area (TPSA) is 9.23 Å². The van der Waals surface area contributed by atoms with Crippen LogP contribution in [0.5, 0.6) is 5.06 Å². The smallest absolute Gasteiger partial charge is 0.173 e. The van der Waals surface area contributed by atoms with Crippen molar-refractivity contribution in [1.29, 1.82) is 0 Å². The van der Waals surface area contributed by atoms with Crippen LogP contribution in [0.3, 0.4) is 0 Å². The standard InChI is InChI=1S/C10H16OS/c1-4-9-5-6-10(12-9)11-7-8(2)3/h5-6,8H,4,7H2,1-3H3. The molecule has 68 valence electrons. The zero-order valence-corrected chi connectivity index (χ0v) is 8.78. The summed E-state index contributed by atoms with van der Waals surface area (Å²) in [5.74, 6) is 0.608. The van der Waals surface area contributed by atoms with Gasteiger partial charge in [-0.05, 0) is 24.5 Å². The van der Waals surface area contributed by atoms with Gasteiger partial charge in [0.1, 0.15) is 0 Å². The van der Waals surface area contributed by atoms with E-state index >= 15 is 0 Å². The molecule has 0 amide bonds. The van der Waals surface area contributed by atoms with E-state index in [9.17, 15) is 0 Å². The molecule has 0 fully saturated rings. The van der Waals surface area contributed by atoms with Gasteiger partial charge in [-0.3, -0.25) is 0 Å². The minimum Gasteiger partial charge on any atom is -0.484 e. The van der Waals surface area contributed by atoms with Crippen LogP contribution < -0.4 is 4.74 Å². The van der Waals surface area contributed by atoms with Crippen LogP contribution in [0.2, 0.25) is 0 Å². The van der Waals surface area contributed by atoms with Crippen molar-refractivity contribution in [2.24, 2.45) is 5.92 Å². The number of rotatable bonds is 4. The number of aryl methyl sites for hydroxylation is 1. The molecule has 0 aliphatic rings. The van der Waals surface area contributed by atoms with E-state index in [1.807, 2.05) is 0 Å². The molecule has 0 saturated heterocycles. The summed E-state index contributed by atoms with van der Waals surface area (Å²) in [6, 6.07) is 4.20. The van der Waals surface area contributed by atoms with Crippen molar-refractivity contribution in [3.05, 3.63) is 17.0 Å². The SMILES string of the molecule is CCc1ccc(OCC(C)C)s1. The second kappa shape index (κ2) is 4.51. The van der Waals surface area contributed by atoms with E-state index in [1.54, 1.807) is 11.3 Å². The van der Waals surface area contributed by atoms with Gasteiger partial charge in [0.25, 0.3) is 0 Å². The molecule has 0 saturated carbocycles. The molecule has 0 aromatic carbocycles. The number of thiophene rings is 1. The molecule has 12 heavy (non-hydrogen) atoms. The van der Waals surface area contributed by atoms with Crippen molar-refractivity contribution in [3.8, 4) is 5.06 Å². The van der Waals surface area contributed by atoms with Crippen LogP contribution in [0.15, 0.2) is 12.1 Å². The molecule has 1 rings (SSSR count). The molecule has 0 N–H and O–H groups in total. The van der Waals surface area contributed by atoms with Crippen LogP contribution in [-0.2, 0) is 6.42 Å². The molecule has 0 aliphatic carbocycles. The summed E-state index contributed by atoms with van der Waals surface area (Å²) in [6.45, 7) is 7.31. The molecule has 1 nitrogen and oxygen atoms in total. The highest BCUT2D eigenvalue weighted by atomic mass is 32.1. The largest absolute Gasteiger partial charge is 0.484 e. The minimum absolute atomic E-state index is 0.608. The van der Waals surface area contributed by atoms with Crippen molar-refractivity contribution in [2.45, 2.75) is 27.2 Å². The van der Waals surface area contributed by atoms with Crippen LogP contribution in [0.25, 0.3) is 0 Å². The maximum absolute atomic E-state index is 5.57. The van der Waals surface area contributed by atoms with Gasteiger partial charge in [-0.15, -0.1) is 11.3 Å². The Kier molecular flexibility index (Phi) is 3.60. The van der Waals surface area contributed by atoms with Crippen molar-refractivity contribution >= 4 is 11.3 Å². The number of ether oxygens (including phenoxy) is 1. The van der Waals surface area contributed by atoms with Gasteiger partial charge in [-0.25, -0.2) is 0 Å². The fourth-order valence-corrected chi connectivity index (χ4v) is 1.68. The zero-order valence-electron chi connectivity index (χ0n) is 7.96. The summed E-state index contributed by atoms with van der Waals surface area (Å²) in [7, 11) is 0. The van der Waals surface area contributed by atoms with E-state index in [0.29, 0.717) is 5.92 Å². The highest BCUT2D eigenvalue weighted by Gasteiger charge is 2.00. The Hall–Kier alpha value is -0.500. The molecule has 0 unspecified atom stereocenters. The van der Waals surface area contributed by atoms with Crippen molar-refractivity contribution in [3.63, 3.8) is 0 Å². The Morgan fingerprint density at radius 3 is 2.67 bits per heavy atom. The fraction of sp³-hybridized carbons (Fsp3) is 0.600. The molecule has 1 aromatic rings.